The Morgan fingerprint density at radius 3 is 2.81 bits per heavy atom. The molecular weight excluding hydrogens is 333 g/mol. The quantitative estimate of drug-likeness (QED) is 0.744. The van der Waals surface area contributed by atoms with Crippen LogP contribution in [0.1, 0.15) is 12.5 Å². The first-order valence-corrected chi connectivity index (χ1v) is 8.55. The minimum Gasteiger partial charge on any atom is -0.383 e. The number of benzene rings is 2. The van der Waals surface area contributed by atoms with Crippen molar-refractivity contribution in [1.82, 2.24) is 0 Å². The van der Waals surface area contributed by atoms with Crippen LogP contribution in [0, 0.1) is 5.82 Å². The summed E-state index contributed by atoms with van der Waals surface area (Å²) in [5, 5.41) is 5.83. The number of anilines is 3. The number of likely N-dealkylation sites (N-methyl/N-ethyl adjacent to an activating group) is 1. The number of hydrogen-bond donors (Lipinski definition) is 2. The van der Waals surface area contributed by atoms with E-state index in [0.717, 1.165) is 11.3 Å². The molecule has 0 radical (unpaired) electrons. The first kappa shape index (κ1) is 17.9. The Morgan fingerprint density at radius 1 is 1.27 bits per heavy atom. The molecule has 0 unspecified atom stereocenters. The van der Waals surface area contributed by atoms with Gasteiger partial charge in [0.1, 0.15) is 5.82 Å². The Hall–Kier alpha value is -2.86. The number of hydrogen-bond acceptors (Lipinski definition) is 4. The lowest BCUT2D eigenvalue weighted by Crippen LogP contribution is -2.27. The number of nitrogens with one attached hydrogen (secondary N) is 2. The molecule has 2 aromatic rings. The molecule has 6 heteroatoms. The van der Waals surface area contributed by atoms with Crippen molar-refractivity contribution in [2.45, 2.75) is 6.92 Å². The molecule has 1 heterocycles. The standard InChI is InChI=1S/C20H22FN3O2/c1-3-24(10-11-26-2)19-9-8-14(12-17(19)21)22-13-16-15-6-4-5-7-18(15)23-20(16)25/h4-9,12-13,22H,3,10-11H2,1-2H3,(H,23,25)/b16-13+. The third-order valence-corrected chi connectivity index (χ3v) is 4.33. The van der Waals surface area contributed by atoms with Gasteiger partial charge in [0.15, 0.2) is 0 Å². The molecule has 0 aliphatic carbocycles. The minimum atomic E-state index is -0.317. The Bertz CT molecular complexity index is 836. The van der Waals surface area contributed by atoms with Crippen LogP contribution in [0.2, 0.25) is 0 Å². The summed E-state index contributed by atoms with van der Waals surface area (Å²) in [6, 6.07) is 12.4. The fourth-order valence-electron chi connectivity index (χ4n) is 2.94. The average Bonchev–Trinajstić information content (AvgIpc) is 2.97. The lowest BCUT2D eigenvalue weighted by atomic mass is 10.1. The van der Waals surface area contributed by atoms with Crippen molar-refractivity contribution in [2.24, 2.45) is 0 Å². The predicted molar refractivity (Wildman–Crippen MR) is 103 cm³/mol. The van der Waals surface area contributed by atoms with E-state index < -0.39 is 0 Å². The highest BCUT2D eigenvalue weighted by Crippen LogP contribution is 2.31. The average molecular weight is 355 g/mol. The number of fused-ring (bicyclic) bond motifs is 1. The van der Waals surface area contributed by atoms with E-state index in [1.807, 2.05) is 36.1 Å². The second-order valence-corrected chi connectivity index (χ2v) is 5.94. The van der Waals surface area contributed by atoms with Crippen LogP contribution in [0.3, 0.4) is 0 Å². The molecule has 0 bridgehead atoms. The summed E-state index contributed by atoms with van der Waals surface area (Å²) >= 11 is 0. The zero-order chi connectivity index (χ0) is 18.5. The van der Waals surface area contributed by atoms with Crippen LogP contribution in [-0.2, 0) is 9.53 Å². The van der Waals surface area contributed by atoms with E-state index in [9.17, 15) is 9.18 Å². The number of carbonyl (C=O) groups excluding carboxylic acids is 1. The summed E-state index contributed by atoms with van der Waals surface area (Å²) in [6.07, 6.45) is 1.61. The Labute approximate surface area is 152 Å². The largest absolute Gasteiger partial charge is 0.383 e. The van der Waals surface area contributed by atoms with Gasteiger partial charge in [-0.3, -0.25) is 4.79 Å². The van der Waals surface area contributed by atoms with Gasteiger partial charge in [0.05, 0.1) is 17.9 Å². The lowest BCUT2D eigenvalue weighted by Gasteiger charge is -2.23. The Balaban J connectivity index is 1.77. The van der Waals surface area contributed by atoms with Crippen LogP contribution >= 0.6 is 0 Å². The fourth-order valence-corrected chi connectivity index (χ4v) is 2.94. The van der Waals surface area contributed by atoms with E-state index in [1.54, 1.807) is 25.4 Å². The van der Waals surface area contributed by atoms with E-state index in [-0.39, 0.29) is 11.7 Å². The SMILES string of the molecule is CCN(CCOC)c1ccc(N/C=C2/C(=O)Nc3ccccc32)cc1F. The number of carbonyl (C=O) groups is 1. The van der Waals surface area contributed by atoms with Gasteiger partial charge in [-0.1, -0.05) is 18.2 Å². The molecule has 3 rings (SSSR count). The summed E-state index contributed by atoms with van der Waals surface area (Å²) in [5.41, 5.74) is 3.26. The molecule has 1 amide bonds. The summed E-state index contributed by atoms with van der Waals surface area (Å²) in [5.74, 6) is -0.491. The Kier molecular flexibility index (Phi) is 5.53. The number of rotatable bonds is 7. The second-order valence-electron chi connectivity index (χ2n) is 5.94. The molecule has 136 valence electrons. The minimum absolute atomic E-state index is 0.174. The first-order chi connectivity index (χ1) is 12.6. The maximum atomic E-state index is 14.5. The van der Waals surface area contributed by atoms with E-state index >= 15 is 0 Å². The molecule has 1 aliphatic heterocycles. The predicted octanol–water partition coefficient (Wildman–Crippen LogP) is 3.70. The number of para-hydroxylation sites is 1. The van der Waals surface area contributed by atoms with E-state index in [0.29, 0.717) is 36.6 Å². The molecule has 1 aliphatic rings. The molecule has 0 spiro atoms. The molecule has 26 heavy (non-hydrogen) atoms. The monoisotopic (exact) mass is 355 g/mol. The molecule has 2 N–H and O–H groups in total. The summed E-state index contributed by atoms with van der Waals surface area (Å²) < 4.78 is 19.6. The van der Waals surface area contributed by atoms with Gasteiger partial charge in [0.25, 0.3) is 5.91 Å². The van der Waals surface area contributed by atoms with Crippen molar-refractivity contribution in [3.8, 4) is 0 Å². The van der Waals surface area contributed by atoms with Crippen molar-refractivity contribution in [1.29, 1.82) is 0 Å². The van der Waals surface area contributed by atoms with Crippen molar-refractivity contribution in [3.63, 3.8) is 0 Å². The van der Waals surface area contributed by atoms with Gasteiger partial charge in [0.2, 0.25) is 0 Å². The highest BCUT2D eigenvalue weighted by Gasteiger charge is 2.23. The topological polar surface area (TPSA) is 53.6 Å². The molecule has 0 fully saturated rings. The van der Waals surface area contributed by atoms with Gasteiger partial charge in [-0.15, -0.1) is 0 Å². The number of amides is 1. The molecule has 0 aromatic heterocycles. The van der Waals surface area contributed by atoms with Crippen molar-refractivity contribution >= 4 is 28.5 Å². The molecule has 0 saturated heterocycles. The second kappa shape index (κ2) is 8.01. The van der Waals surface area contributed by atoms with Gasteiger partial charge < -0.3 is 20.3 Å². The highest BCUT2D eigenvalue weighted by molar-refractivity contribution is 6.31. The van der Waals surface area contributed by atoms with E-state index in [2.05, 4.69) is 10.6 Å². The molecule has 0 saturated carbocycles. The first-order valence-electron chi connectivity index (χ1n) is 8.55. The number of methoxy groups -OCH3 is 1. The van der Waals surface area contributed by atoms with Gasteiger partial charge in [-0.25, -0.2) is 4.39 Å². The highest BCUT2D eigenvalue weighted by atomic mass is 19.1. The lowest BCUT2D eigenvalue weighted by molar-refractivity contribution is -0.110. The number of halogens is 1. The fraction of sp³-hybridized carbons (Fsp3) is 0.250. The summed E-state index contributed by atoms with van der Waals surface area (Å²) in [4.78, 5) is 14.0. The third kappa shape index (κ3) is 3.70. The maximum absolute atomic E-state index is 14.5. The van der Waals surface area contributed by atoms with Gasteiger partial charge in [-0.2, -0.15) is 0 Å². The zero-order valence-electron chi connectivity index (χ0n) is 14.9. The number of ether oxygens (including phenoxy) is 1. The Morgan fingerprint density at radius 2 is 2.08 bits per heavy atom. The van der Waals surface area contributed by atoms with Crippen molar-refractivity contribution < 1.29 is 13.9 Å². The molecular formula is C20H22FN3O2. The van der Waals surface area contributed by atoms with E-state index in [4.69, 9.17) is 4.74 Å². The summed E-state index contributed by atoms with van der Waals surface area (Å²) in [7, 11) is 1.63. The van der Waals surface area contributed by atoms with Gasteiger partial charge in [0, 0.05) is 43.3 Å². The smallest absolute Gasteiger partial charge is 0.257 e. The molecule has 0 atom stereocenters. The van der Waals surface area contributed by atoms with Crippen LogP contribution in [0.5, 0.6) is 0 Å². The molecule has 2 aromatic carbocycles. The van der Waals surface area contributed by atoms with E-state index in [1.165, 1.54) is 6.07 Å². The maximum Gasteiger partial charge on any atom is 0.257 e. The normalized spacial score (nSPS) is 14.3. The third-order valence-electron chi connectivity index (χ3n) is 4.33. The van der Waals surface area contributed by atoms with Crippen LogP contribution in [-0.4, -0.2) is 32.7 Å². The van der Waals surface area contributed by atoms with Crippen molar-refractivity contribution in [2.75, 3.05) is 42.3 Å². The van der Waals surface area contributed by atoms with Crippen LogP contribution in [0.15, 0.2) is 48.7 Å². The van der Waals surface area contributed by atoms with Gasteiger partial charge >= 0.3 is 0 Å². The zero-order valence-corrected chi connectivity index (χ0v) is 14.9. The number of nitrogens with zero attached hydrogens (tertiary/aromatic N) is 1. The molecule has 5 nitrogen and oxygen atoms in total. The van der Waals surface area contributed by atoms with Crippen LogP contribution in [0.4, 0.5) is 21.5 Å². The van der Waals surface area contributed by atoms with Gasteiger partial charge in [-0.05, 0) is 31.2 Å². The van der Waals surface area contributed by atoms with Crippen LogP contribution in [0.25, 0.3) is 5.57 Å². The summed E-state index contributed by atoms with van der Waals surface area (Å²) in [6.45, 7) is 3.82. The van der Waals surface area contributed by atoms with Crippen LogP contribution < -0.4 is 15.5 Å². The van der Waals surface area contributed by atoms with Crippen molar-refractivity contribution in [3.05, 3.63) is 60.0 Å².